The fourth-order valence-corrected chi connectivity index (χ4v) is 4.71. The maximum atomic E-state index is 12.8. The summed E-state index contributed by atoms with van der Waals surface area (Å²) in [6, 6.07) is 7.93. The summed E-state index contributed by atoms with van der Waals surface area (Å²) in [7, 11) is 0. The molecule has 0 radical (unpaired) electrons. The maximum absolute atomic E-state index is 12.8. The van der Waals surface area contributed by atoms with Crippen molar-refractivity contribution in [2.75, 3.05) is 11.9 Å². The van der Waals surface area contributed by atoms with Crippen molar-refractivity contribution < 1.29 is 9.90 Å². The third-order valence-corrected chi connectivity index (χ3v) is 6.37. The standard InChI is InChI=1S/C18H24N2O2S2/c1-13-8-9-17(24-13)19-18(22)20-10-4-2-3-6-14(20)12-15(21)16-7-5-11-23-16/h5,7-9,11,14-15,21H,2-4,6,10,12H2,1H3,(H,19,22)/t14-,15+/m1/s1. The van der Waals surface area contributed by atoms with Crippen molar-refractivity contribution >= 4 is 33.7 Å². The monoisotopic (exact) mass is 364 g/mol. The zero-order valence-electron chi connectivity index (χ0n) is 13.9. The molecule has 3 heterocycles. The molecule has 1 aliphatic rings. The van der Waals surface area contributed by atoms with E-state index in [1.54, 1.807) is 22.7 Å². The number of carbonyl (C=O) groups is 1. The van der Waals surface area contributed by atoms with Crippen LogP contribution in [0.1, 0.15) is 48.0 Å². The number of amides is 2. The number of carbonyl (C=O) groups excluding carboxylic acids is 1. The van der Waals surface area contributed by atoms with Gasteiger partial charge < -0.3 is 10.0 Å². The largest absolute Gasteiger partial charge is 0.387 e. The van der Waals surface area contributed by atoms with Gasteiger partial charge in [-0.15, -0.1) is 22.7 Å². The third-order valence-electron chi connectivity index (χ3n) is 4.48. The van der Waals surface area contributed by atoms with Gasteiger partial charge in [-0.1, -0.05) is 18.9 Å². The van der Waals surface area contributed by atoms with Crippen molar-refractivity contribution in [2.45, 2.75) is 51.2 Å². The van der Waals surface area contributed by atoms with Crippen molar-refractivity contribution in [1.82, 2.24) is 4.90 Å². The second-order valence-corrected chi connectivity index (χ2v) is 8.57. The Morgan fingerprint density at radius 3 is 2.96 bits per heavy atom. The van der Waals surface area contributed by atoms with Crippen LogP contribution in [0, 0.1) is 6.92 Å². The molecule has 1 saturated heterocycles. The van der Waals surface area contributed by atoms with Crippen LogP contribution in [0.2, 0.25) is 0 Å². The molecule has 0 saturated carbocycles. The van der Waals surface area contributed by atoms with Crippen molar-refractivity contribution in [3.05, 3.63) is 39.4 Å². The summed E-state index contributed by atoms with van der Waals surface area (Å²) in [5, 5.41) is 16.4. The molecule has 0 bridgehead atoms. The number of hydrogen-bond donors (Lipinski definition) is 2. The summed E-state index contributed by atoms with van der Waals surface area (Å²) < 4.78 is 0. The van der Waals surface area contributed by atoms with Crippen LogP contribution in [0.25, 0.3) is 0 Å². The number of urea groups is 1. The minimum atomic E-state index is -0.493. The summed E-state index contributed by atoms with van der Waals surface area (Å²) in [6.45, 7) is 2.80. The Morgan fingerprint density at radius 1 is 1.38 bits per heavy atom. The molecule has 2 amide bonds. The molecule has 1 aliphatic heterocycles. The van der Waals surface area contributed by atoms with Crippen LogP contribution in [-0.2, 0) is 0 Å². The summed E-state index contributed by atoms with van der Waals surface area (Å²) >= 11 is 3.16. The van der Waals surface area contributed by atoms with Crippen LogP contribution < -0.4 is 5.32 Å². The molecule has 0 spiro atoms. The summed E-state index contributed by atoms with van der Waals surface area (Å²) in [4.78, 5) is 16.8. The van der Waals surface area contributed by atoms with Gasteiger partial charge in [0, 0.05) is 22.3 Å². The first-order valence-electron chi connectivity index (χ1n) is 8.49. The average Bonchev–Trinajstić information content (AvgIpc) is 3.16. The number of thiophene rings is 2. The molecular weight excluding hydrogens is 340 g/mol. The van der Waals surface area contributed by atoms with Crippen LogP contribution in [-0.4, -0.2) is 28.6 Å². The molecule has 0 unspecified atom stereocenters. The van der Waals surface area contributed by atoms with Gasteiger partial charge in [0.25, 0.3) is 0 Å². The van der Waals surface area contributed by atoms with Gasteiger partial charge >= 0.3 is 6.03 Å². The molecule has 0 aliphatic carbocycles. The lowest BCUT2D eigenvalue weighted by molar-refractivity contribution is 0.118. The van der Waals surface area contributed by atoms with Crippen molar-refractivity contribution in [3.8, 4) is 0 Å². The quantitative estimate of drug-likeness (QED) is 0.800. The number of rotatable bonds is 4. The Hall–Kier alpha value is -1.37. The van der Waals surface area contributed by atoms with Crippen molar-refractivity contribution in [1.29, 1.82) is 0 Å². The second-order valence-electron chi connectivity index (χ2n) is 6.30. The van der Waals surface area contributed by atoms with Gasteiger partial charge in [0.1, 0.15) is 0 Å². The summed E-state index contributed by atoms with van der Waals surface area (Å²) in [6.07, 6.45) is 4.36. The number of nitrogens with one attached hydrogen (secondary N) is 1. The van der Waals surface area contributed by atoms with Crippen molar-refractivity contribution in [3.63, 3.8) is 0 Å². The Morgan fingerprint density at radius 2 is 2.25 bits per heavy atom. The SMILES string of the molecule is Cc1ccc(NC(=O)N2CCCCC[C@@H]2C[C@H](O)c2cccs2)s1. The zero-order chi connectivity index (χ0) is 16.9. The first-order valence-corrected chi connectivity index (χ1v) is 10.2. The highest BCUT2D eigenvalue weighted by Crippen LogP contribution is 2.29. The highest BCUT2D eigenvalue weighted by molar-refractivity contribution is 7.16. The second kappa shape index (κ2) is 8.14. The topological polar surface area (TPSA) is 52.6 Å². The molecule has 130 valence electrons. The number of anilines is 1. The van der Waals surface area contributed by atoms with E-state index in [1.807, 2.05) is 41.5 Å². The Labute approximate surface area is 151 Å². The van der Waals surface area contributed by atoms with Crippen LogP contribution in [0.4, 0.5) is 9.80 Å². The molecular formula is C18H24N2O2S2. The molecule has 4 nitrogen and oxygen atoms in total. The van der Waals surface area contributed by atoms with Crippen LogP contribution >= 0.6 is 22.7 Å². The Bertz CT molecular complexity index is 654. The number of aryl methyl sites for hydroxylation is 1. The molecule has 6 heteroatoms. The highest BCUT2D eigenvalue weighted by atomic mass is 32.1. The molecule has 24 heavy (non-hydrogen) atoms. The minimum Gasteiger partial charge on any atom is -0.387 e. The molecule has 2 atom stereocenters. The number of nitrogens with zero attached hydrogens (tertiary/aromatic N) is 1. The smallest absolute Gasteiger partial charge is 0.322 e. The minimum absolute atomic E-state index is 0.0397. The van der Waals surface area contributed by atoms with E-state index in [1.165, 1.54) is 4.88 Å². The van der Waals surface area contributed by atoms with Gasteiger partial charge in [0.05, 0.1) is 11.1 Å². The first kappa shape index (κ1) is 17.5. The van der Waals surface area contributed by atoms with E-state index in [0.29, 0.717) is 6.42 Å². The predicted molar refractivity (Wildman–Crippen MR) is 101 cm³/mol. The van der Waals surface area contributed by atoms with Gasteiger partial charge in [0.15, 0.2) is 0 Å². The number of hydrogen-bond acceptors (Lipinski definition) is 4. The first-order chi connectivity index (χ1) is 11.6. The lowest BCUT2D eigenvalue weighted by Crippen LogP contribution is -2.43. The fraction of sp³-hybridized carbons (Fsp3) is 0.500. The van der Waals surface area contributed by atoms with E-state index in [-0.39, 0.29) is 12.1 Å². The molecule has 2 aromatic rings. The normalized spacial score (nSPS) is 19.8. The van der Waals surface area contributed by atoms with Crippen LogP contribution in [0.15, 0.2) is 29.6 Å². The van der Waals surface area contributed by atoms with E-state index < -0.39 is 6.10 Å². The van der Waals surface area contributed by atoms with Gasteiger partial charge in [-0.2, -0.15) is 0 Å². The molecule has 3 rings (SSSR count). The average molecular weight is 365 g/mol. The zero-order valence-corrected chi connectivity index (χ0v) is 15.5. The lowest BCUT2D eigenvalue weighted by Gasteiger charge is -2.31. The predicted octanol–water partition coefficient (Wildman–Crippen LogP) is 5.02. The van der Waals surface area contributed by atoms with Gasteiger partial charge in [-0.3, -0.25) is 5.32 Å². The molecule has 1 fully saturated rings. The third kappa shape index (κ3) is 4.37. The summed E-state index contributed by atoms with van der Waals surface area (Å²) in [5.41, 5.74) is 0. The fourth-order valence-electron chi connectivity index (χ4n) is 3.22. The van der Waals surface area contributed by atoms with E-state index >= 15 is 0 Å². The molecule has 2 aromatic heterocycles. The molecule has 2 N–H and O–H groups in total. The number of aliphatic hydroxyl groups excluding tert-OH is 1. The van der Waals surface area contributed by atoms with Crippen molar-refractivity contribution in [2.24, 2.45) is 0 Å². The van der Waals surface area contributed by atoms with Gasteiger partial charge in [-0.25, -0.2) is 4.79 Å². The maximum Gasteiger partial charge on any atom is 0.322 e. The van der Waals surface area contributed by atoms with E-state index in [9.17, 15) is 9.90 Å². The van der Waals surface area contributed by atoms with Gasteiger partial charge in [0.2, 0.25) is 0 Å². The lowest BCUT2D eigenvalue weighted by atomic mass is 10.0. The van der Waals surface area contributed by atoms with E-state index in [2.05, 4.69) is 5.32 Å². The summed E-state index contributed by atoms with van der Waals surface area (Å²) in [5.74, 6) is 0. The highest BCUT2D eigenvalue weighted by Gasteiger charge is 2.28. The Kier molecular flexibility index (Phi) is 5.92. The van der Waals surface area contributed by atoms with E-state index in [4.69, 9.17) is 0 Å². The van der Waals surface area contributed by atoms with Gasteiger partial charge in [-0.05, 0) is 49.8 Å². The Balaban J connectivity index is 1.68. The van der Waals surface area contributed by atoms with E-state index in [0.717, 1.165) is 42.1 Å². The number of likely N-dealkylation sites (tertiary alicyclic amines) is 1. The number of aliphatic hydroxyl groups is 1. The van der Waals surface area contributed by atoms with Crippen LogP contribution in [0.3, 0.4) is 0 Å². The molecule has 0 aromatic carbocycles. The van der Waals surface area contributed by atoms with Crippen LogP contribution in [0.5, 0.6) is 0 Å².